The normalized spacial score (nSPS) is 33.8. The lowest BCUT2D eigenvalue weighted by molar-refractivity contribution is -0.114. The first kappa shape index (κ1) is 9.45. The van der Waals surface area contributed by atoms with Crippen LogP contribution in [0.3, 0.4) is 0 Å². The summed E-state index contributed by atoms with van der Waals surface area (Å²) in [5.74, 6) is 1.68. The molecule has 0 aromatic rings. The van der Waals surface area contributed by atoms with E-state index in [0.29, 0.717) is 11.7 Å². The van der Waals surface area contributed by atoms with Gasteiger partial charge in [-0.25, -0.2) is 0 Å². The van der Waals surface area contributed by atoms with Crippen LogP contribution in [-0.4, -0.2) is 5.78 Å². The summed E-state index contributed by atoms with van der Waals surface area (Å²) in [7, 11) is 0. The molecule has 0 bridgehead atoms. The minimum Gasteiger partial charge on any atom is -0.294 e. The highest BCUT2D eigenvalue weighted by Crippen LogP contribution is 2.46. The van der Waals surface area contributed by atoms with E-state index in [1.54, 1.807) is 0 Å². The molecule has 0 saturated heterocycles. The van der Waals surface area contributed by atoms with Gasteiger partial charge in [0, 0.05) is 6.42 Å². The number of rotatable bonds is 1. The molecule has 0 aliphatic heterocycles. The van der Waals surface area contributed by atoms with E-state index in [1.165, 1.54) is 24.8 Å². The van der Waals surface area contributed by atoms with Crippen LogP contribution in [0.25, 0.3) is 0 Å². The van der Waals surface area contributed by atoms with Crippen molar-refractivity contribution in [3.8, 4) is 0 Å². The largest absolute Gasteiger partial charge is 0.294 e. The average Bonchev–Trinajstić information content (AvgIpc) is 2.43. The van der Waals surface area contributed by atoms with Gasteiger partial charge in [0.1, 0.15) is 0 Å². The van der Waals surface area contributed by atoms with Gasteiger partial charge in [-0.05, 0) is 52.6 Å². The molecule has 2 heteroatoms. The molecule has 0 radical (unpaired) electrons. The highest BCUT2D eigenvalue weighted by Gasteiger charge is 2.37. The maximum absolute atomic E-state index is 11.5. The lowest BCUT2D eigenvalue weighted by atomic mass is 9.76. The van der Waals surface area contributed by atoms with Gasteiger partial charge < -0.3 is 0 Å². The smallest absolute Gasteiger partial charge is 0.170 e. The predicted molar refractivity (Wildman–Crippen MR) is 56.7 cm³/mol. The van der Waals surface area contributed by atoms with E-state index in [1.807, 2.05) is 0 Å². The van der Waals surface area contributed by atoms with Crippen LogP contribution in [0.5, 0.6) is 0 Å². The highest BCUT2D eigenvalue weighted by molar-refractivity contribution is 9.12. The lowest BCUT2D eigenvalue weighted by Crippen LogP contribution is -2.19. The van der Waals surface area contributed by atoms with Gasteiger partial charge in [-0.2, -0.15) is 0 Å². The van der Waals surface area contributed by atoms with E-state index in [9.17, 15) is 4.79 Å². The summed E-state index contributed by atoms with van der Waals surface area (Å²) in [6.45, 7) is 2.24. The van der Waals surface area contributed by atoms with Gasteiger partial charge in [0.05, 0.1) is 4.48 Å². The number of ketones is 1. The zero-order chi connectivity index (χ0) is 9.42. The molecule has 2 atom stereocenters. The SMILES string of the molecule is CCC1CCCC2=C(Br)C(=O)CC21. The Balaban J connectivity index is 2.26. The number of allylic oxidation sites excluding steroid dienone is 2. The van der Waals surface area contributed by atoms with Crippen molar-refractivity contribution in [2.45, 2.75) is 39.0 Å². The van der Waals surface area contributed by atoms with E-state index in [0.717, 1.165) is 23.2 Å². The molecule has 1 saturated carbocycles. The van der Waals surface area contributed by atoms with E-state index < -0.39 is 0 Å². The molecule has 0 heterocycles. The summed E-state index contributed by atoms with van der Waals surface area (Å²) in [4.78, 5) is 11.5. The molecule has 0 aromatic carbocycles. The third-order valence-corrected chi connectivity index (χ3v) is 4.45. The molecule has 2 aliphatic carbocycles. The van der Waals surface area contributed by atoms with Crippen LogP contribution >= 0.6 is 15.9 Å². The van der Waals surface area contributed by atoms with Gasteiger partial charge in [-0.15, -0.1) is 0 Å². The molecular weight excluding hydrogens is 228 g/mol. The Hall–Kier alpha value is -0.110. The van der Waals surface area contributed by atoms with Crippen LogP contribution in [0.1, 0.15) is 39.0 Å². The van der Waals surface area contributed by atoms with Crippen LogP contribution in [0.2, 0.25) is 0 Å². The quantitative estimate of drug-likeness (QED) is 0.689. The summed E-state index contributed by atoms with van der Waals surface area (Å²) < 4.78 is 0.913. The van der Waals surface area contributed by atoms with Crippen molar-refractivity contribution in [1.29, 1.82) is 0 Å². The van der Waals surface area contributed by atoms with E-state index >= 15 is 0 Å². The second-order valence-electron chi connectivity index (χ2n) is 4.13. The Morgan fingerprint density at radius 2 is 2.31 bits per heavy atom. The van der Waals surface area contributed by atoms with Gasteiger partial charge in [0.25, 0.3) is 0 Å². The van der Waals surface area contributed by atoms with Crippen molar-refractivity contribution < 1.29 is 4.79 Å². The summed E-state index contributed by atoms with van der Waals surface area (Å²) in [6, 6.07) is 0. The summed E-state index contributed by atoms with van der Waals surface area (Å²) in [6.07, 6.45) is 5.73. The Labute approximate surface area is 87.7 Å². The maximum atomic E-state index is 11.5. The molecule has 0 N–H and O–H groups in total. The monoisotopic (exact) mass is 242 g/mol. The van der Waals surface area contributed by atoms with Crippen molar-refractivity contribution in [3.05, 3.63) is 10.1 Å². The molecule has 1 fully saturated rings. The Kier molecular flexibility index (Phi) is 2.59. The van der Waals surface area contributed by atoms with E-state index in [-0.39, 0.29) is 0 Å². The first-order chi connectivity index (χ1) is 6.24. The van der Waals surface area contributed by atoms with Crippen molar-refractivity contribution in [1.82, 2.24) is 0 Å². The fourth-order valence-corrected chi connectivity index (χ4v) is 3.40. The molecule has 2 aliphatic rings. The Bertz CT molecular complexity index is 267. The van der Waals surface area contributed by atoms with Gasteiger partial charge in [0.15, 0.2) is 5.78 Å². The molecule has 1 nitrogen and oxygen atoms in total. The highest BCUT2D eigenvalue weighted by atomic mass is 79.9. The topological polar surface area (TPSA) is 17.1 Å². The van der Waals surface area contributed by atoms with Crippen LogP contribution in [0, 0.1) is 11.8 Å². The third kappa shape index (κ3) is 1.50. The van der Waals surface area contributed by atoms with Gasteiger partial charge in [-0.1, -0.05) is 13.3 Å². The zero-order valence-electron chi connectivity index (χ0n) is 7.98. The molecule has 72 valence electrons. The molecule has 2 unspecified atom stereocenters. The molecular formula is C11H15BrO. The van der Waals surface area contributed by atoms with Gasteiger partial charge in [0.2, 0.25) is 0 Å². The van der Waals surface area contributed by atoms with Crippen LogP contribution in [0.4, 0.5) is 0 Å². The Morgan fingerprint density at radius 3 is 3.00 bits per heavy atom. The van der Waals surface area contributed by atoms with Gasteiger partial charge >= 0.3 is 0 Å². The summed E-state index contributed by atoms with van der Waals surface area (Å²) in [5, 5.41) is 0. The summed E-state index contributed by atoms with van der Waals surface area (Å²) >= 11 is 3.43. The zero-order valence-corrected chi connectivity index (χ0v) is 9.56. The molecule has 0 amide bonds. The maximum Gasteiger partial charge on any atom is 0.170 e. The second-order valence-corrected chi connectivity index (χ2v) is 4.93. The fourth-order valence-electron chi connectivity index (χ4n) is 2.75. The van der Waals surface area contributed by atoms with Gasteiger partial charge in [-0.3, -0.25) is 4.79 Å². The number of hydrogen-bond donors (Lipinski definition) is 0. The average molecular weight is 243 g/mol. The minimum atomic E-state index is 0.334. The number of halogens is 1. The number of fused-ring (bicyclic) bond motifs is 1. The lowest BCUT2D eigenvalue weighted by Gasteiger charge is -2.29. The van der Waals surface area contributed by atoms with Crippen LogP contribution in [0.15, 0.2) is 10.1 Å². The van der Waals surface area contributed by atoms with E-state index in [4.69, 9.17) is 0 Å². The van der Waals surface area contributed by atoms with Crippen LogP contribution in [-0.2, 0) is 4.79 Å². The van der Waals surface area contributed by atoms with Crippen molar-refractivity contribution in [2.75, 3.05) is 0 Å². The van der Waals surface area contributed by atoms with Crippen molar-refractivity contribution in [3.63, 3.8) is 0 Å². The number of Topliss-reactive ketones (excluding diaryl/α,β-unsaturated/α-hetero) is 1. The Morgan fingerprint density at radius 1 is 1.54 bits per heavy atom. The number of hydrogen-bond acceptors (Lipinski definition) is 1. The molecule has 0 aromatic heterocycles. The molecule has 0 spiro atoms. The fraction of sp³-hybridized carbons (Fsp3) is 0.727. The minimum absolute atomic E-state index is 0.334. The standard InChI is InChI=1S/C11H15BrO/c1-2-7-4-3-5-8-9(7)6-10(13)11(8)12/h7,9H,2-6H2,1H3. The van der Waals surface area contributed by atoms with Crippen LogP contribution < -0.4 is 0 Å². The first-order valence-electron chi connectivity index (χ1n) is 5.15. The van der Waals surface area contributed by atoms with Crippen molar-refractivity contribution >= 4 is 21.7 Å². The number of carbonyl (C=O) groups is 1. The predicted octanol–water partition coefficient (Wildman–Crippen LogP) is 3.43. The number of carbonyl (C=O) groups excluding carboxylic acids is 1. The molecule has 2 rings (SSSR count). The van der Waals surface area contributed by atoms with E-state index in [2.05, 4.69) is 22.9 Å². The summed E-state index contributed by atoms with van der Waals surface area (Å²) in [5.41, 5.74) is 1.42. The molecule has 13 heavy (non-hydrogen) atoms. The van der Waals surface area contributed by atoms with Crippen molar-refractivity contribution in [2.24, 2.45) is 11.8 Å². The third-order valence-electron chi connectivity index (χ3n) is 3.49. The second kappa shape index (κ2) is 3.56. The first-order valence-corrected chi connectivity index (χ1v) is 5.95.